The first-order chi connectivity index (χ1) is 8.79. The van der Waals surface area contributed by atoms with Crippen molar-refractivity contribution in [2.24, 2.45) is 17.0 Å². The first-order valence-electron chi connectivity index (χ1n) is 6.75. The van der Waals surface area contributed by atoms with Gasteiger partial charge >= 0.3 is 0 Å². The summed E-state index contributed by atoms with van der Waals surface area (Å²) in [7, 11) is 2.14. The fourth-order valence-electron chi connectivity index (χ4n) is 3.75. The maximum Gasteiger partial charge on any atom is 0.0775 e. The SMILES string of the molecule is CN(Cc1ccccc1)[C@H]1/C(=N\O)[C@H]2CC[C@@H]1C2. The summed E-state index contributed by atoms with van der Waals surface area (Å²) in [5, 5.41) is 12.8. The number of benzene rings is 1. The zero-order chi connectivity index (χ0) is 12.5. The lowest BCUT2D eigenvalue weighted by atomic mass is 9.92. The zero-order valence-electron chi connectivity index (χ0n) is 10.8. The number of hydrogen-bond acceptors (Lipinski definition) is 3. The molecular formula is C15H20N2O. The Bertz CT molecular complexity index is 443. The molecule has 0 spiro atoms. The van der Waals surface area contributed by atoms with E-state index in [-0.39, 0.29) is 0 Å². The van der Waals surface area contributed by atoms with Crippen LogP contribution in [0.3, 0.4) is 0 Å². The summed E-state index contributed by atoms with van der Waals surface area (Å²) in [5.41, 5.74) is 2.34. The molecule has 2 aliphatic carbocycles. The third-order valence-corrected chi connectivity index (χ3v) is 4.51. The molecule has 1 N–H and O–H groups in total. The van der Waals surface area contributed by atoms with E-state index in [2.05, 4.69) is 41.4 Å². The number of oxime groups is 1. The lowest BCUT2D eigenvalue weighted by molar-refractivity contribution is 0.222. The number of fused-ring (bicyclic) bond motifs is 2. The predicted octanol–water partition coefficient (Wildman–Crippen LogP) is 2.75. The molecule has 2 fully saturated rings. The Morgan fingerprint density at radius 3 is 2.78 bits per heavy atom. The average Bonchev–Trinajstić information content (AvgIpc) is 2.99. The van der Waals surface area contributed by atoms with E-state index in [0.29, 0.717) is 17.9 Å². The summed E-state index contributed by atoms with van der Waals surface area (Å²) in [6.07, 6.45) is 3.70. The quantitative estimate of drug-likeness (QED) is 0.655. The molecule has 0 aromatic heterocycles. The van der Waals surface area contributed by atoms with Crippen molar-refractivity contribution >= 4 is 5.71 Å². The van der Waals surface area contributed by atoms with E-state index in [9.17, 15) is 5.21 Å². The predicted molar refractivity (Wildman–Crippen MR) is 71.7 cm³/mol. The van der Waals surface area contributed by atoms with Crippen LogP contribution in [0.5, 0.6) is 0 Å². The normalized spacial score (nSPS) is 32.6. The lowest BCUT2D eigenvalue weighted by Crippen LogP contribution is -2.42. The van der Waals surface area contributed by atoms with Gasteiger partial charge in [0.05, 0.1) is 11.8 Å². The van der Waals surface area contributed by atoms with Crippen LogP contribution in [-0.4, -0.2) is 28.9 Å². The van der Waals surface area contributed by atoms with Crippen molar-refractivity contribution in [2.45, 2.75) is 31.8 Å². The molecular weight excluding hydrogens is 224 g/mol. The summed E-state index contributed by atoms with van der Waals surface area (Å²) in [6.45, 7) is 0.924. The molecule has 0 radical (unpaired) electrons. The summed E-state index contributed by atoms with van der Waals surface area (Å²) in [4.78, 5) is 2.34. The molecule has 0 heterocycles. The Morgan fingerprint density at radius 2 is 2.06 bits per heavy atom. The molecule has 2 bridgehead atoms. The highest BCUT2D eigenvalue weighted by molar-refractivity contribution is 5.94. The summed E-state index contributed by atoms with van der Waals surface area (Å²) in [5.74, 6) is 1.22. The van der Waals surface area contributed by atoms with Crippen molar-refractivity contribution in [1.82, 2.24) is 4.90 Å². The molecule has 3 nitrogen and oxygen atoms in total. The van der Waals surface area contributed by atoms with Gasteiger partial charge in [0, 0.05) is 12.5 Å². The number of hydrogen-bond donors (Lipinski definition) is 1. The standard InChI is InChI=1S/C15H20N2O/c1-17(10-11-5-3-2-4-6-11)15-13-8-7-12(9-13)14(15)16-18/h2-6,12-13,15,18H,7-10H2,1H3/b16-14-/t12-,13+,15+/m0/s1. The fourth-order valence-corrected chi connectivity index (χ4v) is 3.75. The molecule has 0 saturated heterocycles. The smallest absolute Gasteiger partial charge is 0.0775 e. The largest absolute Gasteiger partial charge is 0.411 e. The van der Waals surface area contributed by atoms with Gasteiger partial charge in [-0.3, -0.25) is 4.90 Å². The third kappa shape index (κ3) is 1.93. The molecule has 1 aromatic rings. The zero-order valence-corrected chi connectivity index (χ0v) is 10.8. The minimum Gasteiger partial charge on any atom is -0.411 e. The van der Waals surface area contributed by atoms with Crippen LogP contribution in [0.2, 0.25) is 0 Å². The van der Waals surface area contributed by atoms with Crippen LogP contribution in [0.15, 0.2) is 35.5 Å². The average molecular weight is 244 g/mol. The maximum atomic E-state index is 9.23. The van der Waals surface area contributed by atoms with E-state index in [1.807, 2.05) is 6.07 Å². The van der Waals surface area contributed by atoms with Gasteiger partial charge in [-0.15, -0.1) is 0 Å². The Kier molecular flexibility index (Phi) is 3.08. The van der Waals surface area contributed by atoms with Gasteiger partial charge in [0.1, 0.15) is 0 Å². The third-order valence-electron chi connectivity index (χ3n) is 4.51. The van der Waals surface area contributed by atoms with Crippen LogP contribution in [0.25, 0.3) is 0 Å². The second-order valence-corrected chi connectivity index (χ2v) is 5.64. The van der Waals surface area contributed by atoms with E-state index < -0.39 is 0 Å². The van der Waals surface area contributed by atoms with Gasteiger partial charge in [0.25, 0.3) is 0 Å². The first kappa shape index (κ1) is 11.7. The lowest BCUT2D eigenvalue weighted by Gasteiger charge is -2.31. The molecule has 1 aromatic carbocycles. The van der Waals surface area contributed by atoms with Gasteiger partial charge in [-0.1, -0.05) is 35.5 Å². The first-order valence-corrected chi connectivity index (χ1v) is 6.75. The van der Waals surface area contributed by atoms with E-state index in [4.69, 9.17) is 0 Å². The molecule has 0 unspecified atom stereocenters. The van der Waals surface area contributed by atoms with Crippen LogP contribution in [-0.2, 0) is 6.54 Å². The maximum absolute atomic E-state index is 9.23. The van der Waals surface area contributed by atoms with Gasteiger partial charge in [-0.05, 0) is 37.8 Å². The monoisotopic (exact) mass is 244 g/mol. The van der Waals surface area contributed by atoms with Gasteiger partial charge in [-0.2, -0.15) is 0 Å². The van der Waals surface area contributed by atoms with E-state index in [0.717, 1.165) is 12.3 Å². The Labute approximate surface area is 108 Å². The molecule has 96 valence electrons. The van der Waals surface area contributed by atoms with E-state index in [1.165, 1.54) is 24.8 Å². The summed E-state index contributed by atoms with van der Waals surface area (Å²) < 4.78 is 0. The topological polar surface area (TPSA) is 35.8 Å². The molecule has 18 heavy (non-hydrogen) atoms. The highest BCUT2D eigenvalue weighted by Gasteiger charge is 2.47. The Hall–Kier alpha value is -1.35. The van der Waals surface area contributed by atoms with Crippen molar-refractivity contribution in [3.05, 3.63) is 35.9 Å². The molecule has 3 heteroatoms. The molecule has 3 rings (SSSR count). The fraction of sp³-hybridized carbons (Fsp3) is 0.533. The van der Waals surface area contributed by atoms with Gasteiger partial charge in [-0.25, -0.2) is 0 Å². The van der Waals surface area contributed by atoms with Crippen molar-refractivity contribution < 1.29 is 5.21 Å². The highest BCUT2D eigenvalue weighted by Crippen LogP contribution is 2.44. The van der Waals surface area contributed by atoms with Crippen molar-refractivity contribution in [2.75, 3.05) is 7.05 Å². The Balaban J connectivity index is 1.75. The second-order valence-electron chi connectivity index (χ2n) is 5.64. The Morgan fingerprint density at radius 1 is 1.28 bits per heavy atom. The van der Waals surface area contributed by atoms with Crippen molar-refractivity contribution in [3.8, 4) is 0 Å². The van der Waals surface area contributed by atoms with Crippen LogP contribution in [0, 0.1) is 11.8 Å². The second kappa shape index (κ2) is 4.73. The van der Waals surface area contributed by atoms with Gasteiger partial charge in [0.2, 0.25) is 0 Å². The molecule has 3 atom stereocenters. The van der Waals surface area contributed by atoms with Gasteiger partial charge in [0.15, 0.2) is 0 Å². The molecule has 0 amide bonds. The van der Waals surface area contributed by atoms with Crippen LogP contribution >= 0.6 is 0 Å². The minimum absolute atomic E-state index is 0.342. The number of nitrogens with zero attached hydrogens (tertiary/aromatic N) is 2. The van der Waals surface area contributed by atoms with Crippen LogP contribution in [0.1, 0.15) is 24.8 Å². The number of rotatable bonds is 3. The van der Waals surface area contributed by atoms with E-state index in [1.54, 1.807) is 0 Å². The van der Waals surface area contributed by atoms with Crippen LogP contribution < -0.4 is 0 Å². The molecule has 2 saturated carbocycles. The highest BCUT2D eigenvalue weighted by atomic mass is 16.4. The summed E-state index contributed by atoms with van der Waals surface area (Å²) >= 11 is 0. The summed E-state index contributed by atoms with van der Waals surface area (Å²) in [6, 6.07) is 10.8. The minimum atomic E-state index is 0.342. The van der Waals surface area contributed by atoms with Gasteiger partial charge < -0.3 is 5.21 Å². The molecule has 2 aliphatic rings. The van der Waals surface area contributed by atoms with Crippen molar-refractivity contribution in [3.63, 3.8) is 0 Å². The van der Waals surface area contributed by atoms with E-state index >= 15 is 0 Å². The van der Waals surface area contributed by atoms with Crippen molar-refractivity contribution in [1.29, 1.82) is 0 Å². The molecule has 0 aliphatic heterocycles. The van der Waals surface area contributed by atoms with Crippen LogP contribution in [0.4, 0.5) is 0 Å².